The van der Waals surface area contributed by atoms with Crippen LogP contribution in [0.1, 0.15) is 29.3 Å². The molecule has 1 aliphatic heterocycles. The average Bonchev–Trinajstić information content (AvgIpc) is 3.32. The zero-order valence-electron chi connectivity index (χ0n) is 19.4. The number of ketones is 1. The molecular formula is C26H27FN4O3. The summed E-state index contributed by atoms with van der Waals surface area (Å²) < 4.78 is 16.5. The zero-order chi connectivity index (χ0) is 24.4. The normalized spacial score (nSPS) is 17.7. The molecule has 3 aromatic rings. The number of halogens is 1. The van der Waals surface area contributed by atoms with E-state index in [1.807, 2.05) is 44.4 Å². The van der Waals surface area contributed by atoms with Crippen molar-refractivity contribution < 1.29 is 24.0 Å². The number of benzene rings is 2. The highest BCUT2D eigenvalue weighted by Gasteiger charge is 2.45. The molecule has 0 saturated carbocycles. The molecule has 0 spiro atoms. The molecule has 7 nitrogen and oxygen atoms in total. The molecule has 1 N–H and O–H groups in total. The molecule has 2 aromatic carbocycles. The van der Waals surface area contributed by atoms with Gasteiger partial charge in [0.1, 0.15) is 5.82 Å². The van der Waals surface area contributed by atoms with Gasteiger partial charge in [-0.05, 0) is 25.1 Å². The molecule has 0 aliphatic carbocycles. The zero-order valence-corrected chi connectivity index (χ0v) is 19.4. The summed E-state index contributed by atoms with van der Waals surface area (Å²) in [6, 6.07) is 14.2. The molecule has 1 aliphatic rings. The predicted octanol–water partition coefficient (Wildman–Crippen LogP) is 1.08. The topological polar surface area (TPSA) is 82.7 Å². The molecule has 1 amide bonds. The Morgan fingerprint density at radius 1 is 1.09 bits per heavy atom. The van der Waals surface area contributed by atoms with Crippen LogP contribution in [-0.2, 0) is 9.59 Å². The van der Waals surface area contributed by atoms with E-state index in [2.05, 4.69) is 5.10 Å². The number of nitrogens with one attached hydrogen (secondary N) is 1. The summed E-state index contributed by atoms with van der Waals surface area (Å²) in [6.07, 6.45) is 2.00. The van der Waals surface area contributed by atoms with Crippen molar-refractivity contribution in [2.24, 2.45) is 0 Å². The van der Waals surface area contributed by atoms with Crippen molar-refractivity contribution in [3.8, 4) is 5.69 Å². The smallest absolute Gasteiger partial charge is 0.295 e. The van der Waals surface area contributed by atoms with Crippen molar-refractivity contribution in [3.63, 3.8) is 0 Å². The summed E-state index contributed by atoms with van der Waals surface area (Å²) in [5, 5.41) is 18.0. The van der Waals surface area contributed by atoms with Crippen LogP contribution in [0.3, 0.4) is 0 Å². The minimum atomic E-state index is -1.08. The molecule has 1 atom stereocenters. The summed E-state index contributed by atoms with van der Waals surface area (Å²) in [5.41, 5.74) is 1.40. The van der Waals surface area contributed by atoms with Crippen LogP contribution >= 0.6 is 0 Å². The Balaban J connectivity index is 1.83. The highest BCUT2D eigenvalue weighted by atomic mass is 19.1. The van der Waals surface area contributed by atoms with Gasteiger partial charge in [-0.2, -0.15) is 5.10 Å². The Bertz CT molecular complexity index is 1250. The van der Waals surface area contributed by atoms with Crippen LogP contribution in [0.15, 0.2) is 66.4 Å². The number of nitrogens with zero attached hydrogens (tertiary/aromatic N) is 3. The number of Topliss-reactive ketones (excluding diaryl/α,β-unsaturated/α-hetero) is 1. The van der Waals surface area contributed by atoms with Crippen molar-refractivity contribution in [1.82, 2.24) is 14.7 Å². The van der Waals surface area contributed by atoms with Gasteiger partial charge < -0.3 is 14.9 Å². The standard InChI is InChI=1S/C26H27FN4O3/c1-17-20(16-28-31(17)18-10-5-4-6-11-18)24(32)22-23(19-12-7-8-13-21(19)27)30(26(34)25(22)33)15-9-14-29(2)3/h4-8,10-13,16,23,32H,9,14-15H2,1-3H3/b24-22+. The number of amides is 1. The molecule has 0 radical (unpaired) electrons. The van der Waals surface area contributed by atoms with Gasteiger partial charge in [0.15, 0.2) is 0 Å². The first-order chi connectivity index (χ1) is 16.3. The Morgan fingerprint density at radius 3 is 2.44 bits per heavy atom. The maximum atomic E-state index is 14.9. The van der Waals surface area contributed by atoms with Gasteiger partial charge in [0.25, 0.3) is 5.91 Å². The molecule has 1 fully saturated rings. The number of para-hydroxylation sites is 1. The fourth-order valence-electron chi connectivity index (χ4n) is 4.33. The minimum absolute atomic E-state index is 0.135. The number of hydrogen-bond donors (Lipinski definition) is 1. The number of aromatic nitrogens is 2. The fourth-order valence-corrected chi connectivity index (χ4v) is 4.33. The Morgan fingerprint density at radius 2 is 1.76 bits per heavy atom. The molecular weight excluding hydrogens is 435 g/mol. The second-order valence-electron chi connectivity index (χ2n) is 8.70. The van der Waals surface area contributed by atoms with E-state index in [-0.39, 0.29) is 23.2 Å². The first-order valence-corrected chi connectivity index (χ1v) is 11.2. The lowest BCUT2D eigenvalue weighted by molar-refractivity contribution is -0.858. The third-order valence-electron chi connectivity index (χ3n) is 6.06. The molecule has 176 valence electrons. The maximum absolute atomic E-state index is 14.9. The van der Waals surface area contributed by atoms with Gasteiger partial charge in [0, 0.05) is 35.4 Å². The summed E-state index contributed by atoms with van der Waals surface area (Å²) in [4.78, 5) is 28.6. The van der Waals surface area contributed by atoms with Crippen molar-refractivity contribution in [2.45, 2.75) is 19.4 Å². The molecule has 0 bridgehead atoms. The first-order valence-electron chi connectivity index (χ1n) is 11.2. The van der Waals surface area contributed by atoms with E-state index in [9.17, 15) is 19.1 Å². The highest BCUT2D eigenvalue weighted by molar-refractivity contribution is 6.46. The Labute approximate surface area is 197 Å². The van der Waals surface area contributed by atoms with Gasteiger partial charge in [-0.25, -0.2) is 9.07 Å². The van der Waals surface area contributed by atoms with E-state index < -0.39 is 29.3 Å². The van der Waals surface area contributed by atoms with Crippen LogP contribution in [0.5, 0.6) is 0 Å². The SMILES string of the molecule is Cc1c(/C([O-])=C2\C(=O)C(=O)N(CCC[NH+](C)C)C2c2ccccc2F)cnn1-c1ccccc1. The number of quaternary nitrogens is 1. The summed E-state index contributed by atoms with van der Waals surface area (Å²) in [7, 11) is 3.97. The molecule has 34 heavy (non-hydrogen) atoms. The number of rotatable bonds is 7. The Kier molecular flexibility index (Phi) is 6.61. The number of carbonyl (C=O) groups is 2. The van der Waals surface area contributed by atoms with Crippen molar-refractivity contribution >= 4 is 17.4 Å². The predicted molar refractivity (Wildman–Crippen MR) is 123 cm³/mol. The number of likely N-dealkylation sites (tertiary alicyclic amines) is 1. The Hall–Kier alpha value is -3.78. The van der Waals surface area contributed by atoms with Crippen LogP contribution in [0.25, 0.3) is 11.4 Å². The van der Waals surface area contributed by atoms with Crippen LogP contribution in [-0.4, -0.2) is 53.6 Å². The second kappa shape index (κ2) is 9.61. The maximum Gasteiger partial charge on any atom is 0.295 e. The number of hydrogen-bond acceptors (Lipinski definition) is 4. The van der Waals surface area contributed by atoms with Gasteiger partial charge in [-0.3, -0.25) is 9.59 Å². The van der Waals surface area contributed by atoms with Gasteiger partial charge in [0.2, 0.25) is 5.78 Å². The van der Waals surface area contributed by atoms with Crippen LogP contribution in [0.4, 0.5) is 4.39 Å². The van der Waals surface area contributed by atoms with Crippen molar-refractivity contribution in [2.75, 3.05) is 27.2 Å². The van der Waals surface area contributed by atoms with Gasteiger partial charge in [-0.1, -0.05) is 42.2 Å². The average molecular weight is 463 g/mol. The van der Waals surface area contributed by atoms with Crippen molar-refractivity contribution in [3.05, 3.63) is 89.0 Å². The lowest BCUT2D eigenvalue weighted by Crippen LogP contribution is -3.05. The molecule has 1 unspecified atom stereocenters. The quantitative estimate of drug-likeness (QED) is 0.324. The van der Waals surface area contributed by atoms with Crippen LogP contribution in [0, 0.1) is 12.7 Å². The lowest BCUT2D eigenvalue weighted by atomic mass is 9.95. The number of carbonyl (C=O) groups excluding carboxylic acids is 2. The fraction of sp³-hybridized carbons (Fsp3) is 0.269. The molecule has 1 aromatic heterocycles. The van der Waals surface area contributed by atoms with E-state index in [0.29, 0.717) is 12.1 Å². The third kappa shape index (κ3) is 4.24. The van der Waals surface area contributed by atoms with Gasteiger partial charge in [0.05, 0.1) is 38.6 Å². The monoisotopic (exact) mass is 462 g/mol. The highest BCUT2D eigenvalue weighted by Crippen LogP contribution is 2.40. The summed E-state index contributed by atoms with van der Waals surface area (Å²) >= 11 is 0. The van der Waals surface area contributed by atoms with E-state index >= 15 is 0 Å². The second-order valence-corrected chi connectivity index (χ2v) is 8.70. The van der Waals surface area contributed by atoms with E-state index in [1.54, 1.807) is 17.7 Å². The van der Waals surface area contributed by atoms with Crippen LogP contribution < -0.4 is 10.0 Å². The third-order valence-corrected chi connectivity index (χ3v) is 6.06. The minimum Gasteiger partial charge on any atom is -0.872 e. The first kappa shape index (κ1) is 23.4. The van der Waals surface area contributed by atoms with Gasteiger partial charge >= 0.3 is 0 Å². The van der Waals surface area contributed by atoms with E-state index in [0.717, 1.165) is 12.2 Å². The largest absolute Gasteiger partial charge is 0.872 e. The summed E-state index contributed by atoms with van der Waals surface area (Å²) in [6.45, 7) is 2.73. The molecule has 1 saturated heterocycles. The van der Waals surface area contributed by atoms with E-state index in [1.165, 1.54) is 34.2 Å². The lowest BCUT2D eigenvalue weighted by Gasteiger charge is -2.27. The molecule has 2 heterocycles. The van der Waals surface area contributed by atoms with Crippen molar-refractivity contribution in [1.29, 1.82) is 0 Å². The summed E-state index contributed by atoms with van der Waals surface area (Å²) in [5.74, 6) is -2.84. The van der Waals surface area contributed by atoms with Gasteiger partial charge in [-0.15, -0.1) is 0 Å². The van der Waals surface area contributed by atoms with E-state index in [4.69, 9.17) is 0 Å². The molecule has 8 heteroatoms. The van der Waals surface area contributed by atoms with Crippen LogP contribution in [0.2, 0.25) is 0 Å². The molecule has 4 rings (SSSR count).